The van der Waals surface area contributed by atoms with Crippen LogP contribution in [-0.4, -0.2) is 38.9 Å². The van der Waals surface area contributed by atoms with Crippen LogP contribution in [0, 0.1) is 0 Å². The lowest BCUT2D eigenvalue weighted by Gasteiger charge is -2.26. The van der Waals surface area contributed by atoms with E-state index < -0.39 is 22.5 Å². The van der Waals surface area contributed by atoms with Gasteiger partial charge in [-0.2, -0.15) is 0 Å². The molecule has 0 atom stereocenters. The quantitative estimate of drug-likeness (QED) is 0.386. The van der Waals surface area contributed by atoms with Gasteiger partial charge in [0.2, 0.25) is 5.91 Å². The van der Waals surface area contributed by atoms with E-state index in [0.29, 0.717) is 5.02 Å². The third-order valence-electron chi connectivity index (χ3n) is 6.16. The van der Waals surface area contributed by atoms with Gasteiger partial charge in [-0.15, -0.1) is 0 Å². The first-order valence-electron chi connectivity index (χ1n) is 11.9. The summed E-state index contributed by atoms with van der Waals surface area (Å²) in [6, 6.07) is 20.6. The maximum absolute atomic E-state index is 13.4. The number of piperidine rings is 1. The molecule has 190 valence electrons. The third kappa shape index (κ3) is 6.79. The van der Waals surface area contributed by atoms with E-state index in [9.17, 15) is 13.2 Å². The Morgan fingerprint density at radius 1 is 0.889 bits per heavy atom. The van der Waals surface area contributed by atoms with E-state index in [2.05, 4.69) is 22.3 Å². The fourth-order valence-corrected chi connectivity index (χ4v) is 6.25. The molecule has 1 N–H and O–H groups in total. The summed E-state index contributed by atoms with van der Waals surface area (Å²) in [6.07, 6.45) is 3.81. The maximum Gasteiger partial charge on any atom is 0.264 e. The number of nitrogens with one attached hydrogen (secondary N) is 1. The van der Waals surface area contributed by atoms with Crippen LogP contribution in [-0.2, 0) is 27.9 Å². The van der Waals surface area contributed by atoms with Gasteiger partial charge < -0.3 is 5.32 Å². The van der Waals surface area contributed by atoms with Gasteiger partial charge in [-0.25, -0.2) is 8.42 Å². The molecule has 0 spiro atoms. The van der Waals surface area contributed by atoms with Crippen molar-refractivity contribution in [1.82, 2.24) is 10.2 Å². The number of hydrogen-bond donors (Lipinski definition) is 1. The highest BCUT2D eigenvalue weighted by Crippen LogP contribution is 2.32. The number of rotatable bonds is 9. The summed E-state index contributed by atoms with van der Waals surface area (Å²) in [4.78, 5) is 15.4. The summed E-state index contributed by atoms with van der Waals surface area (Å²) < 4.78 is 27.9. The summed E-state index contributed by atoms with van der Waals surface area (Å²) in [7, 11) is -4.05. The Hall–Kier alpha value is -2.58. The first-order chi connectivity index (χ1) is 17.3. The number of anilines is 1. The van der Waals surface area contributed by atoms with Crippen molar-refractivity contribution in [3.05, 3.63) is 94.0 Å². The zero-order valence-corrected chi connectivity index (χ0v) is 22.2. The molecule has 0 saturated carbocycles. The van der Waals surface area contributed by atoms with Crippen molar-refractivity contribution in [2.24, 2.45) is 0 Å². The normalized spacial score (nSPS) is 14.4. The molecule has 6 nitrogen and oxygen atoms in total. The molecule has 1 heterocycles. The number of carbonyl (C=O) groups is 1. The Morgan fingerprint density at radius 2 is 1.56 bits per heavy atom. The fraction of sp³-hybridized carbons (Fsp3) is 0.296. The highest BCUT2D eigenvalue weighted by atomic mass is 35.5. The second-order valence-electron chi connectivity index (χ2n) is 8.85. The van der Waals surface area contributed by atoms with Crippen molar-refractivity contribution in [3.63, 3.8) is 0 Å². The van der Waals surface area contributed by atoms with Crippen LogP contribution in [0.2, 0.25) is 10.0 Å². The van der Waals surface area contributed by atoms with Crippen LogP contribution >= 0.6 is 23.2 Å². The predicted molar refractivity (Wildman–Crippen MR) is 145 cm³/mol. The lowest BCUT2D eigenvalue weighted by Crippen LogP contribution is -2.40. The molecule has 4 rings (SSSR count). The average molecular weight is 547 g/mol. The van der Waals surface area contributed by atoms with Gasteiger partial charge in [-0.1, -0.05) is 72.1 Å². The minimum atomic E-state index is -4.05. The first kappa shape index (κ1) is 26.5. The minimum absolute atomic E-state index is 0.0631. The molecular weight excluding hydrogens is 517 g/mol. The van der Waals surface area contributed by atoms with E-state index in [0.717, 1.165) is 29.5 Å². The van der Waals surface area contributed by atoms with Gasteiger partial charge in [0.25, 0.3) is 10.0 Å². The van der Waals surface area contributed by atoms with Gasteiger partial charge in [-0.3, -0.25) is 14.0 Å². The highest BCUT2D eigenvalue weighted by molar-refractivity contribution is 7.92. The highest BCUT2D eigenvalue weighted by Gasteiger charge is 2.28. The van der Waals surface area contributed by atoms with Crippen LogP contribution in [0.1, 0.15) is 30.4 Å². The number of carbonyl (C=O) groups excluding carboxylic acids is 1. The van der Waals surface area contributed by atoms with Gasteiger partial charge in [0.05, 0.1) is 15.6 Å². The Labute approximate surface area is 222 Å². The lowest BCUT2D eigenvalue weighted by atomic mass is 10.1. The van der Waals surface area contributed by atoms with E-state index >= 15 is 0 Å². The van der Waals surface area contributed by atoms with E-state index in [1.165, 1.54) is 49.1 Å². The molecule has 0 aliphatic carbocycles. The van der Waals surface area contributed by atoms with Crippen LogP contribution in [0.4, 0.5) is 5.69 Å². The van der Waals surface area contributed by atoms with Crippen molar-refractivity contribution in [1.29, 1.82) is 0 Å². The van der Waals surface area contributed by atoms with Crippen LogP contribution in [0.15, 0.2) is 77.7 Å². The van der Waals surface area contributed by atoms with Crippen LogP contribution in [0.3, 0.4) is 0 Å². The molecule has 1 aliphatic heterocycles. The van der Waals surface area contributed by atoms with E-state index in [1.807, 2.05) is 12.1 Å². The van der Waals surface area contributed by atoms with E-state index in [1.54, 1.807) is 24.3 Å². The number of sulfonamides is 1. The zero-order chi connectivity index (χ0) is 25.5. The molecule has 1 amide bonds. The first-order valence-corrected chi connectivity index (χ1v) is 14.1. The molecule has 36 heavy (non-hydrogen) atoms. The Balaban J connectivity index is 1.44. The fourth-order valence-electron chi connectivity index (χ4n) is 4.23. The van der Waals surface area contributed by atoms with E-state index in [-0.39, 0.29) is 22.2 Å². The van der Waals surface area contributed by atoms with Crippen LogP contribution < -0.4 is 9.62 Å². The maximum atomic E-state index is 13.4. The van der Waals surface area contributed by atoms with E-state index in [4.69, 9.17) is 23.2 Å². The van der Waals surface area contributed by atoms with Crippen LogP contribution in [0.5, 0.6) is 0 Å². The third-order valence-corrected chi connectivity index (χ3v) is 8.48. The lowest BCUT2D eigenvalue weighted by molar-refractivity contribution is -0.119. The molecule has 1 saturated heterocycles. The summed E-state index contributed by atoms with van der Waals surface area (Å²) in [5.41, 5.74) is 2.36. The number of nitrogens with zero attached hydrogens (tertiary/aromatic N) is 2. The Bertz CT molecular complexity index is 1280. The SMILES string of the molecule is O=C(CN(c1ccc(Cl)cc1Cl)S(=O)(=O)c1ccccc1)NCc1ccc(CN2CCCCC2)cc1. The van der Waals surface area contributed by atoms with Crippen molar-refractivity contribution in [2.75, 3.05) is 23.9 Å². The van der Waals surface area contributed by atoms with Crippen molar-refractivity contribution < 1.29 is 13.2 Å². The zero-order valence-electron chi connectivity index (χ0n) is 19.9. The smallest absolute Gasteiger partial charge is 0.264 e. The summed E-state index contributed by atoms with van der Waals surface area (Å²) in [5.74, 6) is -0.446. The Morgan fingerprint density at radius 3 is 2.22 bits per heavy atom. The molecule has 9 heteroatoms. The molecule has 3 aromatic rings. The van der Waals surface area contributed by atoms with Gasteiger partial charge in [0, 0.05) is 18.1 Å². The molecular formula is C27H29Cl2N3O3S. The van der Waals surface area contributed by atoms with Gasteiger partial charge in [0.15, 0.2) is 0 Å². The standard InChI is InChI=1S/C27H29Cl2N3O3S/c28-23-13-14-26(25(29)17-23)32(36(34,35)24-7-3-1-4-8-24)20-27(33)30-18-21-9-11-22(12-10-21)19-31-15-5-2-6-16-31/h1,3-4,7-14,17H,2,5-6,15-16,18-20H2,(H,30,33). The molecule has 0 bridgehead atoms. The second-order valence-corrected chi connectivity index (χ2v) is 11.6. The van der Waals surface area contributed by atoms with Crippen molar-refractivity contribution in [3.8, 4) is 0 Å². The predicted octanol–water partition coefficient (Wildman–Crippen LogP) is 5.49. The molecule has 1 aliphatic rings. The van der Waals surface area contributed by atoms with Gasteiger partial charge in [-0.05, 0) is 67.4 Å². The molecule has 1 fully saturated rings. The summed E-state index contributed by atoms with van der Waals surface area (Å²) in [6.45, 7) is 3.07. The number of hydrogen-bond acceptors (Lipinski definition) is 4. The molecule has 3 aromatic carbocycles. The number of amides is 1. The molecule has 0 radical (unpaired) electrons. The van der Waals surface area contributed by atoms with Crippen molar-refractivity contribution >= 4 is 44.8 Å². The van der Waals surface area contributed by atoms with Crippen LogP contribution in [0.25, 0.3) is 0 Å². The van der Waals surface area contributed by atoms with Gasteiger partial charge in [0.1, 0.15) is 6.54 Å². The van der Waals surface area contributed by atoms with Gasteiger partial charge >= 0.3 is 0 Å². The number of halogens is 2. The molecule has 0 aromatic heterocycles. The second kappa shape index (κ2) is 12.1. The summed E-state index contributed by atoms with van der Waals surface area (Å²) >= 11 is 12.3. The number of likely N-dealkylation sites (tertiary alicyclic amines) is 1. The minimum Gasteiger partial charge on any atom is -0.350 e. The molecule has 0 unspecified atom stereocenters. The Kier molecular flexibility index (Phi) is 8.90. The largest absolute Gasteiger partial charge is 0.350 e. The monoisotopic (exact) mass is 545 g/mol. The van der Waals surface area contributed by atoms with Crippen molar-refractivity contribution in [2.45, 2.75) is 37.2 Å². The number of benzene rings is 3. The summed E-state index contributed by atoms with van der Waals surface area (Å²) in [5, 5.41) is 3.34. The average Bonchev–Trinajstić information content (AvgIpc) is 2.88. The topological polar surface area (TPSA) is 69.7 Å².